The Labute approximate surface area is 248 Å². The molecule has 2 aromatic carbocycles. The number of likely N-dealkylation sites (tertiary alicyclic amines) is 1. The predicted octanol–water partition coefficient (Wildman–Crippen LogP) is 5.52. The zero-order valence-corrected chi connectivity index (χ0v) is 25.2. The number of amidine groups is 1. The van der Waals surface area contributed by atoms with E-state index in [2.05, 4.69) is 10.3 Å². The summed E-state index contributed by atoms with van der Waals surface area (Å²) >= 11 is 0. The van der Waals surface area contributed by atoms with E-state index >= 15 is 0 Å². The summed E-state index contributed by atoms with van der Waals surface area (Å²) < 4.78 is 5.28. The zero-order chi connectivity index (χ0) is 30.3. The van der Waals surface area contributed by atoms with Crippen LogP contribution in [0.25, 0.3) is 17.2 Å². The number of benzene rings is 2. The molecule has 2 aliphatic rings. The predicted molar refractivity (Wildman–Crippen MR) is 167 cm³/mol. The first-order valence-electron chi connectivity index (χ1n) is 14.9. The minimum atomic E-state index is -0.559. The maximum Gasteiger partial charge on any atom is 0.407 e. The molecule has 2 aliphatic heterocycles. The third kappa shape index (κ3) is 8.21. The van der Waals surface area contributed by atoms with Gasteiger partial charge in [0.2, 0.25) is 5.91 Å². The highest BCUT2D eigenvalue weighted by Gasteiger charge is 2.23. The second kappa shape index (κ2) is 13.7. The third-order valence-corrected chi connectivity index (χ3v) is 7.18. The van der Waals surface area contributed by atoms with Gasteiger partial charge in [-0.05, 0) is 81.9 Å². The zero-order valence-electron chi connectivity index (χ0n) is 25.2. The first-order chi connectivity index (χ1) is 20.0. The van der Waals surface area contributed by atoms with Gasteiger partial charge in [-0.2, -0.15) is 0 Å². The van der Waals surface area contributed by atoms with Crippen molar-refractivity contribution < 1.29 is 19.1 Å². The molecule has 0 spiro atoms. The second-order valence-corrected chi connectivity index (χ2v) is 11.9. The average Bonchev–Trinajstić information content (AvgIpc) is 3.43. The van der Waals surface area contributed by atoms with E-state index in [0.29, 0.717) is 48.7 Å². The molecule has 4 rings (SSSR count). The normalized spacial score (nSPS) is 14.8. The van der Waals surface area contributed by atoms with Crippen LogP contribution in [-0.2, 0) is 9.53 Å². The molecule has 0 radical (unpaired) electrons. The molecule has 1 fully saturated rings. The van der Waals surface area contributed by atoms with Crippen LogP contribution in [0, 0.1) is 0 Å². The number of aliphatic imine (C=N–C) groups is 1. The molecule has 0 aromatic heterocycles. The molecule has 0 bridgehead atoms. The number of nitrogens with two attached hydrogens (primary N) is 1. The summed E-state index contributed by atoms with van der Waals surface area (Å²) in [5.41, 5.74) is 10.5. The van der Waals surface area contributed by atoms with Gasteiger partial charge in [0.15, 0.2) is 0 Å². The molecule has 224 valence electrons. The Bertz CT molecular complexity index is 1350. The van der Waals surface area contributed by atoms with Crippen molar-refractivity contribution in [2.75, 3.05) is 32.7 Å². The maximum atomic E-state index is 13.6. The minimum absolute atomic E-state index is 0.0807. The van der Waals surface area contributed by atoms with E-state index in [4.69, 9.17) is 10.5 Å². The van der Waals surface area contributed by atoms with Crippen LogP contribution in [0.2, 0.25) is 0 Å². The smallest absolute Gasteiger partial charge is 0.407 e. The number of nitrogens with zero attached hydrogens (tertiary/aromatic N) is 3. The van der Waals surface area contributed by atoms with Crippen molar-refractivity contribution in [1.29, 1.82) is 0 Å². The van der Waals surface area contributed by atoms with Gasteiger partial charge in [0.1, 0.15) is 11.4 Å². The van der Waals surface area contributed by atoms with Crippen molar-refractivity contribution in [1.82, 2.24) is 15.1 Å². The summed E-state index contributed by atoms with van der Waals surface area (Å²) in [5.74, 6) is 0.375. The lowest BCUT2D eigenvalue weighted by atomic mass is 9.99. The van der Waals surface area contributed by atoms with Crippen molar-refractivity contribution in [2.24, 2.45) is 10.7 Å². The van der Waals surface area contributed by atoms with E-state index in [9.17, 15) is 14.4 Å². The summed E-state index contributed by atoms with van der Waals surface area (Å²) in [6.45, 7) is 10.6. The highest BCUT2D eigenvalue weighted by molar-refractivity contribution is 6.05. The lowest BCUT2D eigenvalue weighted by molar-refractivity contribution is -0.127. The van der Waals surface area contributed by atoms with Gasteiger partial charge in [0, 0.05) is 55.8 Å². The van der Waals surface area contributed by atoms with Crippen molar-refractivity contribution >= 4 is 35.5 Å². The van der Waals surface area contributed by atoms with Crippen LogP contribution >= 0.6 is 0 Å². The van der Waals surface area contributed by atoms with E-state index < -0.39 is 11.7 Å². The fourth-order valence-corrected chi connectivity index (χ4v) is 5.18. The first kappa shape index (κ1) is 30.8. The highest BCUT2D eigenvalue weighted by Crippen LogP contribution is 2.32. The molecule has 3 N–H and O–H groups in total. The van der Waals surface area contributed by atoms with Crippen molar-refractivity contribution in [3.05, 3.63) is 59.2 Å². The summed E-state index contributed by atoms with van der Waals surface area (Å²) in [4.78, 5) is 46.6. The van der Waals surface area contributed by atoms with Crippen LogP contribution in [0.4, 0.5) is 10.5 Å². The van der Waals surface area contributed by atoms with E-state index in [-0.39, 0.29) is 18.2 Å². The van der Waals surface area contributed by atoms with Crippen molar-refractivity contribution in [3.8, 4) is 11.1 Å². The van der Waals surface area contributed by atoms with Crippen LogP contribution < -0.4 is 11.1 Å². The SMILES string of the molecule is CCCN(CCCNC(=O)OC(C)(C)C)C(=O)C1=Cc2ccc(-c3ccc(C(=O)N4CCCC4)cc3)cc2N=C(N)C1. The molecule has 0 atom stereocenters. The third-order valence-electron chi connectivity index (χ3n) is 7.18. The lowest BCUT2D eigenvalue weighted by Gasteiger charge is -2.24. The first-order valence-corrected chi connectivity index (χ1v) is 14.9. The summed E-state index contributed by atoms with van der Waals surface area (Å²) in [7, 11) is 0. The standard InChI is InChI=1S/C33H43N5O4/c1-5-16-37(19-8-15-35-32(41)42-33(2,3)4)31(40)27-20-26-14-13-25(21-28(26)36-29(34)22-27)23-9-11-24(12-10-23)30(39)38-17-6-7-18-38/h9-14,20-21H,5-8,15-19,22H2,1-4H3,(H2,34,36)(H,35,41). The summed E-state index contributed by atoms with van der Waals surface area (Å²) in [6.07, 6.45) is 5.21. The van der Waals surface area contributed by atoms with E-state index in [1.165, 1.54) is 0 Å². The van der Waals surface area contributed by atoms with Gasteiger partial charge >= 0.3 is 6.09 Å². The number of rotatable bonds is 9. The number of carbonyl (C=O) groups is 3. The summed E-state index contributed by atoms with van der Waals surface area (Å²) in [5, 5.41) is 2.75. The Morgan fingerprint density at radius 3 is 2.38 bits per heavy atom. The van der Waals surface area contributed by atoms with Gasteiger partial charge in [-0.3, -0.25) is 9.59 Å². The van der Waals surface area contributed by atoms with Gasteiger partial charge in [0.05, 0.1) is 5.69 Å². The Kier molecular flexibility index (Phi) is 10.0. The number of hydrogen-bond donors (Lipinski definition) is 2. The van der Waals surface area contributed by atoms with Crippen LogP contribution in [0.5, 0.6) is 0 Å². The minimum Gasteiger partial charge on any atom is -0.444 e. The Balaban J connectivity index is 1.45. The lowest BCUT2D eigenvalue weighted by Crippen LogP contribution is -2.37. The number of alkyl carbamates (subject to hydrolysis) is 1. The van der Waals surface area contributed by atoms with Crippen LogP contribution in [0.3, 0.4) is 0 Å². The van der Waals surface area contributed by atoms with Gasteiger partial charge in [-0.25, -0.2) is 9.79 Å². The summed E-state index contributed by atoms with van der Waals surface area (Å²) in [6, 6.07) is 13.6. The van der Waals surface area contributed by atoms with Crippen molar-refractivity contribution in [2.45, 2.75) is 65.4 Å². The van der Waals surface area contributed by atoms with Gasteiger partial charge < -0.3 is 25.6 Å². The largest absolute Gasteiger partial charge is 0.444 e. The number of amides is 3. The molecule has 2 aromatic rings. The quantitative estimate of drug-likeness (QED) is 0.383. The Morgan fingerprint density at radius 1 is 1.02 bits per heavy atom. The topological polar surface area (TPSA) is 117 Å². The molecular weight excluding hydrogens is 530 g/mol. The number of ether oxygens (including phenoxy) is 1. The number of hydrogen-bond acceptors (Lipinski definition) is 6. The molecule has 9 nitrogen and oxygen atoms in total. The van der Waals surface area contributed by atoms with Crippen LogP contribution in [-0.4, -0.2) is 71.9 Å². The molecule has 0 unspecified atom stereocenters. The van der Waals surface area contributed by atoms with Crippen molar-refractivity contribution in [3.63, 3.8) is 0 Å². The fourth-order valence-electron chi connectivity index (χ4n) is 5.18. The van der Waals surface area contributed by atoms with Gasteiger partial charge in [-0.1, -0.05) is 31.2 Å². The highest BCUT2D eigenvalue weighted by atomic mass is 16.6. The van der Waals surface area contributed by atoms with E-state index in [0.717, 1.165) is 49.0 Å². The maximum absolute atomic E-state index is 13.6. The van der Waals surface area contributed by atoms with Crippen LogP contribution in [0.15, 0.2) is 53.0 Å². The molecule has 0 saturated carbocycles. The Morgan fingerprint density at radius 2 is 1.71 bits per heavy atom. The number of carbonyl (C=O) groups excluding carboxylic acids is 3. The van der Waals surface area contributed by atoms with Gasteiger partial charge in [0.25, 0.3) is 5.91 Å². The molecule has 42 heavy (non-hydrogen) atoms. The van der Waals surface area contributed by atoms with E-state index in [1.807, 2.05) is 81.1 Å². The Hall–Kier alpha value is -4.14. The monoisotopic (exact) mass is 573 g/mol. The molecule has 2 heterocycles. The second-order valence-electron chi connectivity index (χ2n) is 11.9. The molecule has 3 amide bonds. The van der Waals surface area contributed by atoms with Crippen LogP contribution in [0.1, 0.15) is 75.7 Å². The van der Waals surface area contributed by atoms with E-state index in [1.54, 1.807) is 4.90 Å². The number of fused-ring (bicyclic) bond motifs is 1. The number of nitrogens with one attached hydrogen (secondary N) is 1. The molecular formula is C33H43N5O4. The molecule has 9 heteroatoms. The molecule has 1 saturated heterocycles. The fraction of sp³-hybridized carbons (Fsp3) is 0.455. The molecule has 0 aliphatic carbocycles. The average molecular weight is 574 g/mol. The van der Waals surface area contributed by atoms with Gasteiger partial charge in [-0.15, -0.1) is 0 Å².